The Morgan fingerprint density at radius 2 is 1.21 bits per heavy atom. The van der Waals surface area contributed by atoms with Gasteiger partial charge in [-0.05, 0) is 48.4 Å². The van der Waals surface area contributed by atoms with Crippen LogP contribution in [0.4, 0.5) is 0 Å². The molecule has 1 saturated heterocycles. The molecule has 0 bridgehead atoms. The molecule has 5 heterocycles. The molecule has 0 radical (unpaired) electrons. The molecular weight excluding hydrogens is 791 g/mol. The van der Waals surface area contributed by atoms with Gasteiger partial charge in [-0.2, -0.15) is 0 Å². The Morgan fingerprint density at radius 1 is 0.607 bits per heavy atom. The van der Waals surface area contributed by atoms with E-state index in [9.17, 15) is 19.2 Å². The molecule has 17 nitrogen and oxygen atoms in total. The second kappa shape index (κ2) is 21.6. The Morgan fingerprint density at radius 3 is 1.84 bits per heavy atom. The van der Waals surface area contributed by atoms with E-state index < -0.39 is 29.7 Å². The van der Waals surface area contributed by atoms with Crippen molar-refractivity contribution >= 4 is 45.4 Å². The van der Waals surface area contributed by atoms with E-state index in [2.05, 4.69) is 45.1 Å². The van der Waals surface area contributed by atoms with Gasteiger partial charge in [0.15, 0.2) is 0 Å². The summed E-state index contributed by atoms with van der Waals surface area (Å²) in [7, 11) is 2.07. The number of hydrogen-bond donors (Lipinski definition) is 1. The number of imide groups is 2. The molecule has 3 aromatic heterocycles. The SMILES string of the molecule is Cn1c2ccncc2c2ccc(-c3ccc(OCCOCCOCCOCCOCCOCCOCCOc4ccc5c(c4)C(=O)N(C4CCC(=O)NC4=O)C5=O)nc3)cc21. The van der Waals surface area contributed by atoms with Gasteiger partial charge in [0.25, 0.3) is 11.8 Å². The molecule has 2 aliphatic rings. The van der Waals surface area contributed by atoms with Gasteiger partial charge in [0.1, 0.15) is 25.0 Å². The van der Waals surface area contributed by atoms with Gasteiger partial charge in [-0.1, -0.05) is 12.1 Å². The quantitative estimate of drug-likeness (QED) is 0.0661. The third-order valence-electron chi connectivity index (χ3n) is 10.1. The fourth-order valence-corrected chi connectivity index (χ4v) is 7.03. The van der Waals surface area contributed by atoms with Gasteiger partial charge in [-0.25, -0.2) is 4.98 Å². The Kier molecular flexibility index (Phi) is 15.3. The van der Waals surface area contributed by atoms with Crippen LogP contribution in [0, 0.1) is 0 Å². The number of fused-ring (bicyclic) bond motifs is 4. The van der Waals surface area contributed by atoms with Crippen LogP contribution in [-0.4, -0.2) is 142 Å². The van der Waals surface area contributed by atoms with Crippen LogP contribution < -0.4 is 14.8 Å². The standard InChI is InChI=1S/C44H49N5O12/c1-48-37-10-11-45-29-36(37)33-5-2-30(26-39(33)48)31-3-9-41(46-28-31)61-25-23-59-21-19-57-17-15-55-13-12-54-14-16-56-18-20-58-22-24-60-32-4-6-34-35(27-32)44(53)49(43(34)52)38-7-8-40(50)47-42(38)51/h2-6,9-11,26-29,38H,7-8,12-25H2,1H3,(H,47,50,51). The second-order valence-corrected chi connectivity index (χ2v) is 14.1. The van der Waals surface area contributed by atoms with Crippen molar-refractivity contribution in [2.24, 2.45) is 7.05 Å². The van der Waals surface area contributed by atoms with Gasteiger partial charge in [0.2, 0.25) is 17.7 Å². The Bertz CT molecular complexity index is 2300. The maximum Gasteiger partial charge on any atom is 0.262 e. The molecule has 0 aliphatic carbocycles. The highest BCUT2D eigenvalue weighted by atomic mass is 16.6. The van der Waals surface area contributed by atoms with Crippen LogP contribution in [0.3, 0.4) is 0 Å². The molecule has 0 saturated carbocycles. The molecule has 61 heavy (non-hydrogen) atoms. The van der Waals surface area contributed by atoms with Crippen molar-refractivity contribution in [1.82, 2.24) is 24.8 Å². The number of pyridine rings is 2. The number of aromatic nitrogens is 3. The van der Waals surface area contributed by atoms with E-state index in [0.29, 0.717) is 90.9 Å². The summed E-state index contributed by atoms with van der Waals surface area (Å²) in [6, 6.07) is 15.9. The number of piperidine rings is 1. The van der Waals surface area contributed by atoms with Crippen LogP contribution in [0.2, 0.25) is 0 Å². The van der Waals surface area contributed by atoms with Gasteiger partial charge < -0.3 is 42.5 Å². The maximum atomic E-state index is 13.0. The van der Waals surface area contributed by atoms with Crippen molar-refractivity contribution in [1.29, 1.82) is 0 Å². The maximum absolute atomic E-state index is 13.0. The van der Waals surface area contributed by atoms with Crippen LogP contribution in [0.5, 0.6) is 11.6 Å². The number of aryl methyl sites for hydroxylation is 1. The average Bonchev–Trinajstić information content (AvgIpc) is 3.70. The third-order valence-corrected chi connectivity index (χ3v) is 10.1. The van der Waals surface area contributed by atoms with Crippen molar-refractivity contribution in [3.63, 3.8) is 0 Å². The highest BCUT2D eigenvalue weighted by molar-refractivity contribution is 6.23. The monoisotopic (exact) mass is 839 g/mol. The number of rotatable bonds is 25. The van der Waals surface area contributed by atoms with Gasteiger partial charge in [-0.15, -0.1) is 0 Å². The number of carbonyl (C=O) groups is 4. The minimum Gasteiger partial charge on any atom is -0.491 e. The molecule has 1 fully saturated rings. The molecule has 2 aromatic carbocycles. The van der Waals surface area contributed by atoms with Gasteiger partial charge >= 0.3 is 0 Å². The summed E-state index contributed by atoms with van der Waals surface area (Å²) in [6.07, 6.45) is 5.70. The minimum absolute atomic E-state index is 0.0600. The molecule has 5 aromatic rings. The lowest BCUT2D eigenvalue weighted by atomic mass is 10.0. The van der Waals surface area contributed by atoms with E-state index in [0.717, 1.165) is 32.4 Å². The van der Waals surface area contributed by atoms with E-state index in [1.165, 1.54) is 17.5 Å². The fourth-order valence-electron chi connectivity index (χ4n) is 7.03. The molecule has 1 atom stereocenters. The molecule has 2 aliphatic heterocycles. The first kappa shape index (κ1) is 43.3. The van der Waals surface area contributed by atoms with Crippen molar-refractivity contribution in [3.8, 4) is 22.8 Å². The topological polar surface area (TPSA) is 188 Å². The highest BCUT2D eigenvalue weighted by Crippen LogP contribution is 2.32. The van der Waals surface area contributed by atoms with E-state index in [1.54, 1.807) is 6.07 Å². The number of ether oxygens (including phenoxy) is 8. The number of amides is 4. The van der Waals surface area contributed by atoms with Gasteiger partial charge in [-0.3, -0.25) is 34.4 Å². The highest BCUT2D eigenvalue weighted by Gasteiger charge is 2.44. The number of hydrogen-bond acceptors (Lipinski definition) is 14. The predicted octanol–water partition coefficient (Wildman–Crippen LogP) is 3.75. The Hall–Kier alpha value is -5.82. The number of benzene rings is 2. The smallest absolute Gasteiger partial charge is 0.262 e. The molecular formula is C44H49N5O12. The first-order valence-electron chi connectivity index (χ1n) is 20.3. The second-order valence-electron chi connectivity index (χ2n) is 14.1. The Balaban J connectivity index is 0.630. The van der Waals surface area contributed by atoms with E-state index in [4.69, 9.17) is 37.9 Å². The van der Waals surface area contributed by atoms with Crippen molar-refractivity contribution in [2.45, 2.75) is 18.9 Å². The zero-order valence-corrected chi connectivity index (χ0v) is 34.0. The van der Waals surface area contributed by atoms with E-state index in [-0.39, 0.29) is 37.2 Å². The minimum atomic E-state index is -1.02. The van der Waals surface area contributed by atoms with Crippen molar-refractivity contribution < 1.29 is 57.1 Å². The summed E-state index contributed by atoms with van der Waals surface area (Å²) in [4.78, 5) is 59.2. The summed E-state index contributed by atoms with van der Waals surface area (Å²) in [6.45, 7) is 5.57. The first-order valence-corrected chi connectivity index (χ1v) is 20.3. The lowest BCUT2D eigenvalue weighted by molar-refractivity contribution is -0.136. The normalized spacial score (nSPS) is 15.2. The number of nitrogens with zero attached hydrogens (tertiary/aromatic N) is 4. The zero-order chi connectivity index (χ0) is 42.4. The molecule has 7 rings (SSSR count). The first-order chi connectivity index (χ1) is 29.9. The van der Waals surface area contributed by atoms with Crippen LogP contribution in [0.15, 0.2) is 73.2 Å². The molecule has 1 N–H and O–H groups in total. The van der Waals surface area contributed by atoms with Gasteiger partial charge in [0, 0.05) is 60.0 Å². The van der Waals surface area contributed by atoms with Crippen LogP contribution in [0.1, 0.15) is 33.6 Å². The molecule has 1 unspecified atom stereocenters. The summed E-state index contributed by atoms with van der Waals surface area (Å²) < 4.78 is 46.9. The number of nitrogens with one attached hydrogen (secondary N) is 1. The van der Waals surface area contributed by atoms with Crippen LogP contribution >= 0.6 is 0 Å². The largest absolute Gasteiger partial charge is 0.491 e. The Labute approximate surface area is 352 Å². The van der Waals surface area contributed by atoms with Crippen molar-refractivity contribution in [3.05, 3.63) is 84.3 Å². The summed E-state index contributed by atoms with van der Waals surface area (Å²) in [5.74, 6) is -1.29. The number of carbonyl (C=O) groups excluding carboxylic acids is 4. The third kappa shape index (κ3) is 11.1. The van der Waals surface area contributed by atoms with Crippen LogP contribution in [0.25, 0.3) is 32.9 Å². The summed E-state index contributed by atoms with van der Waals surface area (Å²) in [5, 5.41) is 4.50. The fraction of sp³-hybridized carbons (Fsp3) is 0.409. The van der Waals surface area contributed by atoms with Crippen LogP contribution in [-0.2, 0) is 45.1 Å². The lowest BCUT2D eigenvalue weighted by Crippen LogP contribution is -2.54. The lowest BCUT2D eigenvalue weighted by Gasteiger charge is -2.27. The zero-order valence-electron chi connectivity index (χ0n) is 34.0. The summed E-state index contributed by atoms with van der Waals surface area (Å²) >= 11 is 0. The average molecular weight is 840 g/mol. The van der Waals surface area contributed by atoms with E-state index >= 15 is 0 Å². The van der Waals surface area contributed by atoms with E-state index in [1.807, 2.05) is 36.8 Å². The van der Waals surface area contributed by atoms with Crippen molar-refractivity contribution in [2.75, 3.05) is 92.5 Å². The molecule has 0 spiro atoms. The predicted molar refractivity (Wildman–Crippen MR) is 220 cm³/mol. The molecule has 322 valence electrons. The van der Waals surface area contributed by atoms with Gasteiger partial charge in [0.05, 0.1) is 95.9 Å². The summed E-state index contributed by atoms with van der Waals surface area (Å²) in [5.41, 5.74) is 4.73. The molecule has 17 heteroatoms. The molecule has 4 amide bonds.